The summed E-state index contributed by atoms with van der Waals surface area (Å²) in [7, 11) is 0. The van der Waals surface area contributed by atoms with E-state index in [9.17, 15) is 57.5 Å². The van der Waals surface area contributed by atoms with Gasteiger partial charge in [0.05, 0.1) is 12.4 Å². The van der Waals surface area contributed by atoms with Gasteiger partial charge in [0, 0.05) is 12.0 Å². The van der Waals surface area contributed by atoms with Gasteiger partial charge >= 0.3 is 0 Å². The second-order valence-corrected chi connectivity index (χ2v) is 15.5. The Labute approximate surface area is 383 Å². The number of halogens is 20. The van der Waals surface area contributed by atoms with Crippen LogP contribution in [0, 0.1) is 116 Å². The topological polar surface area (TPSA) is 33.8 Å². The molecule has 3 nitrogen and oxygen atoms in total. The number of hydrogen-bond donors (Lipinski definition) is 0. The molecule has 0 radical (unpaired) electrons. The Balaban J connectivity index is 0.000000308. The Morgan fingerprint density at radius 2 is 0.729 bits per heavy atom. The minimum atomic E-state index is -7.22. The molecule has 6 rings (SSSR count). The number of unbranched alkanes of at least 4 members (excludes halogenated alkanes) is 7. The van der Waals surface area contributed by atoms with Gasteiger partial charge in [0.15, 0.2) is 81.7 Å². The molecule has 0 amide bonds. The van der Waals surface area contributed by atoms with Crippen molar-refractivity contribution >= 4 is 33.8 Å². The van der Waals surface area contributed by atoms with Gasteiger partial charge in [0.25, 0.3) is 0 Å². The molecule has 1 heterocycles. The van der Waals surface area contributed by atoms with E-state index in [4.69, 9.17) is 0 Å². The number of aryl methyl sites for hydroxylation is 1. The van der Waals surface area contributed by atoms with Gasteiger partial charge in [-0.1, -0.05) is 82.2 Å². The van der Waals surface area contributed by atoms with E-state index in [-0.39, 0.29) is 5.78 Å². The normalized spacial score (nSPS) is 11.6. The maximum atomic E-state index is 15.4. The van der Waals surface area contributed by atoms with E-state index in [1.807, 2.05) is 47.3 Å². The summed E-state index contributed by atoms with van der Waals surface area (Å²) in [6.45, 7) is 2.64. The fourth-order valence-corrected chi connectivity index (χ4v) is 7.96. The molecule has 0 bridgehead atoms. The van der Waals surface area contributed by atoms with Gasteiger partial charge in [-0.15, -0.1) is 21.9 Å². The third-order valence-corrected chi connectivity index (χ3v) is 11.3. The zero-order valence-electron chi connectivity index (χ0n) is 35.6. The summed E-state index contributed by atoms with van der Waals surface area (Å²) in [6, 6.07) is 9.51. The Morgan fingerprint density at radius 3 is 1.06 bits per heavy atom. The standard InChI is InChI=1S/C24BF20.C22H31N2O/c26-5-1(6(27)14(35)21(42)13(5)34)25(2-7(28)15(36)22(43)16(37)8(2)29,3-9(30)17(38)23(44)18(39)10(3)31)4-11(32)19(40)24(45)20(41)12(4)33;1-2-3-4-5-6-7-8-12-15-21-18-23-16-17-24(21)19-22(25)20-13-10-9-11-14-20/h;9-11,13-14,16-18H,2-8,12,15,19H2,1H3/q-1;+1. The molecule has 6 aromatic rings. The van der Waals surface area contributed by atoms with Crippen LogP contribution in [0.5, 0.6) is 0 Å². The first-order chi connectivity index (χ1) is 33.0. The molecule has 0 saturated heterocycles. The second kappa shape index (κ2) is 22.5. The van der Waals surface area contributed by atoms with Crippen molar-refractivity contribution in [2.75, 3.05) is 0 Å². The molecule has 0 aliphatic carbocycles. The van der Waals surface area contributed by atoms with E-state index in [1.54, 1.807) is 6.20 Å². The van der Waals surface area contributed by atoms with Crippen LogP contribution in [0.4, 0.5) is 87.8 Å². The van der Waals surface area contributed by atoms with Crippen molar-refractivity contribution in [1.29, 1.82) is 0 Å². The van der Waals surface area contributed by atoms with Crippen molar-refractivity contribution in [1.82, 2.24) is 4.98 Å². The Morgan fingerprint density at radius 1 is 0.429 bits per heavy atom. The van der Waals surface area contributed by atoms with E-state index in [2.05, 4.69) is 11.9 Å². The number of ketones is 1. The lowest BCUT2D eigenvalue weighted by Crippen LogP contribution is -2.81. The van der Waals surface area contributed by atoms with Gasteiger partial charge in [0.1, 0.15) is 52.7 Å². The zero-order valence-corrected chi connectivity index (χ0v) is 35.6. The fraction of sp³-hybridized carbons (Fsp3) is 0.239. The molecule has 374 valence electrons. The number of benzene rings is 5. The minimum Gasteiger partial charge on any atom is -0.287 e. The van der Waals surface area contributed by atoms with E-state index in [0.29, 0.717) is 6.54 Å². The lowest BCUT2D eigenvalue weighted by atomic mass is 9.12. The number of rotatable bonds is 16. The summed E-state index contributed by atoms with van der Waals surface area (Å²) in [5.74, 6) is -71.3. The molecule has 0 N–H and O–H groups in total. The molecule has 70 heavy (non-hydrogen) atoms. The molecule has 0 aliphatic heterocycles. The van der Waals surface area contributed by atoms with Crippen LogP contribution in [-0.4, -0.2) is 16.9 Å². The molecule has 0 unspecified atom stereocenters. The first-order valence-electron chi connectivity index (χ1n) is 20.6. The summed E-state index contributed by atoms with van der Waals surface area (Å²) in [4.78, 5) is 16.7. The van der Waals surface area contributed by atoms with Crippen LogP contribution >= 0.6 is 0 Å². The van der Waals surface area contributed by atoms with Crippen LogP contribution in [0.1, 0.15) is 74.3 Å². The lowest BCUT2D eigenvalue weighted by Gasteiger charge is -2.44. The second-order valence-electron chi connectivity index (χ2n) is 15.5. The highest BCUT2D eigenvalue weighted by molar-refractivity contribution is 7.20. The summed E-state index contributed by atoms with van der Waals surface area (Å²) in [5, 5.41) is 0. The van der Waals surface area contributed by atoms with Crippen molar-refractivity contribution in [2.45, 2.75) is 71.3 Å². The number of carbonyl (C=O) groups excluding carboxylic acids is 1. The van der Waals surface area contributed by atoms with Crippen LogP contribution in [0.15, 0.2) is 48.9 Å². The van der Waals surface area contributed by atoms with Gasteiger partial charge in [-0.3, -0.25) is 9.78 Å². The van der Waals surface area contributed by atoms with Gasteiger partial charge in [-0.05, 0) is 6.42 Å². The highest BCUT2D eigenvalue weighted by Gasteiger charge is 2.52. The SMILES string of the molecule is CCCCCCCCCCc1cncc[n+]1CC(=O)c1ccccc1.Fc1c(F)c(F)c([B-](c2c(F)c(F)c(F)c(F)c2F)(c2c(F)c(F)c(F)c(F)c2F)c2c(F)c(F)c(F)c(F)c2F)c(F)c1F. The number of aromatic nitrogens is 2. The van der Waals surface area contributed by atoms with Gasteiger partial charge in [0.2, 0.25) is 12.3 Å². The van der Waals surface area contributed by atoms with Gasteiger partial charge in [-0.25, -0.2) is 87.8 Å². The highest BCUT2D eigenvalue weighted by atomic mass is 19.2. The van der Waals surface area contributed by atoms with E-state index in [0.717, 1.165) is 17.7 Å². The molecule has 24 heteroatoms. The monoisotopic (exact) mass is 1020 g/mol. The average Bonchev–Trinajstić information content (AvgIpc) is 3.35. The van der Waals surface area contributed by atoms with Crippen molar-refractivity contribution in [2.24, 2.45) is 0 Å². The number of carbonyl (C=O) groups is 1. The predicted molar refractivity (Wildman–Crippen MR) is 211 cm³/mol. The van der Waals surface area contributed by atoms with Crippen LogP contribution in [0.25, 0.3) is 0 Å². The summed E-state index contributed by atoms with van der Waals surface area (Å²) >= 11 is 0. The fourth-order valence-electron chi connectivity index (χ4n) is 7.96. The molecular formula is C46H31BF20N2O. The van der Waals surface area contributed by atoms with Crippen LogP contribution in [0.3, 0.4) is 0 Å². The first kappa shape index (κ1) is 54.5. The van der Waals surface area contributed by atoms with Gasteiger partial charge in [-0.2, -0.15) is 4.57 Å². The third kappa shape index (κ3) is 9.94. The van der Waals surface area contributed by atoms with Crippen molar-refractivity contribution in [3.05, 3.63) is 177 Å². The predicted octanol–water partition coefficient (Wildman–Crippen LogP) is 10.8. The lowest BCUT2D eigenvalue weighted by molar-refractivity contribution is -0.691. The zero-order chi connectivity index (χ0) is 52.1. The number of Topliss-reactive ketones (excluding diaryl/α,β-unsaturated/α-hetero) is 1. The first-order valence-corrected chi connectivity index (χ1v) is 20.6. The summed E-state index contributed by atoms with van der Waals surface area (Å²) < 4.78 is 296. The molecule has 0 spiro atoms. The van der Waals surface area contributed by atoms with Gasteiger partial charge < -0.3 is 0 Å². The van der Waals surface area contributed by atoms with Crippen molar-refractivity contribution < 1.29 is 97.2 Å². The van der Waals surface area contributed by atoms with Crippen molar-refractivity contribution in [3.8, 4) is 0 Å². The maximum absolute atomic E-state index is 15.4. The number of nitrogens with zero attached hydrogens (tertiary/aromatic N) is 2. The average molecular weight is 1020 g/mol. The van der Waals surface area contributed by atoms with E-state index >= 15 is 35.1 Å². The Bertz CT molecular complexity index is 2550. The van der Waals surface area contributed by atoms with Crippen LogP contribution in [0.2, 0.25) is 0 Å². The Kier molecular flexibility index (Phi) is 17.5. The minimum absolute atomic E-state index is 0.147. The highest BCUT2D eigenvalue weighted by Crippen LogP contribution is 2.31. The molecule has 5 aromatic carbocycles. The quantitative estimate of drug-likeness (QED) is 0.0184. The largest absolute Gasteiger partial charge is 0.287 e. The number of hydrogen-bond acceptors (Lipinski definition) is 2. The molecular weight excluding hydrogens is 987 g/mol. The summed E-state index contributed by atoms with van der Waals surface area (Å²) in [5.41, 5.74) is -12.4. The molecule has 0 atom stereocenters. The Hall–Kier alpha value is -6.49. The molecule has 1 aromatic heterocycles. The molecule has 0 fully saturated rings. The smallest absolute Gasteiger partial charge is 0.227 e. The third-order valence-electron chi connectivity index (χ3n) is 11.3. The van der Waals surface area contributed by atoms with Crippen molar-refractivity contribution in [3.63, 3.8) is 0 Å². The van der Waals surface area contributed by atoms with Crippen LogP contribution in [-0.2, 0) is 13.0 Å². The summed E-state index contributed by atoms with van der Waals surface area (Å²) in [6.07, 6.45) is 9.85. The van der Waals surface area contributed by atoms with E-state index < -0.39 is 144 Å². The van der Waals surface area contributed by atoms with Crippen LogP contribution < -0.4 is 26.4 Å². The molecule has 0 saturated carbocycles. The molecule has 0 aliphatic rings. The van der Waals surface area contributed by atoms with E-state index in [1.165, 1.54) is 51.4 Å². The maximum Gasteiger partial charge on any atom is 0.227 e.